The van der Waals surface area contributed by atoms with Crippen molar-refractivity contribution >= 4 is 21.4 Å². The summed E-state index contributed by atoms with van der Waals surface area (Å²) in [6.07, 6.45) is 0.588. The molecule has 1 atom stereocenters. The quantitative estimate of drug-likeness (QED) is 0.597. The normalized spacial score (nSPS) is 19.8. The second-order valence-corrected chi connectivity index (χ2v) is 7.57. The number of non-ortho nitro benzene ring substituents is 1. The first-order valence-corrected chi connectivity index (χ1v) is 8.88. The molecule has 0 aromatic heterocycles. The molecule has 1 aliphatic heterocycles. The summed E-state index contributed by atoms with van der Waals surface area (Å²) in [5.41, 5.74) is 0.653. The maximum atomic E-state index is 12.4. The van der Waals surface area contributed by atoms with Crippen LogP contribution in [-0.2, 0) is 21.1 Å². The lowest BCUT2D eigenvalue weighted by Gasteiger charge is -2.27. The Hall–Kier alpha value is -1.96. The van der Waals surface area contributed by atoms with E-state index in [4.69, 9.17) is 0 Å². The summed E-state index contributed by atoms with van der Waals surface area (Å²) in [5.74, 6) is -0.00955. The Balaban J connectivity index is 2.05. The largest absolute Gasteiger partial charge is 0.339 e. The number of carbonyl (C=O) groups excluding carboxylic acids is 1. The van der Waals surface area contributed by atoms with E-state index in [9.17, 15) is 23.3 Å². The zero-order valence-corrected chi connectivity index (χ0v) is 13.1. The topological polar surface area (TPSA) is 97.6 Å². The highest BCUT2D eigenvalue weighted by Gasteiger charge is 2.33. The predicted octanol–water partition coefficient (Wildman–Crippen LogP) is 1.17. The lowest BCUT2D eigenvalue weighted by molar-refractivity contribution is -0.384. The molecular weight excluding hydrogens is 308 g/mol. The number of benzene rings is 1. The highest BCUT2D eigenvalue weighted by molar-refractivity contribution is 7.91. The fraction of sp³-hybridized carbons (Fsp3) is 0.500. The standard InChI is InChI=1S/C14H18N2O5S/c1-2-15(13-7-8-22(20,21)10-13)14(17)9-11-3-5-12(6-4-11)16(18)19/h3-6,13H,2,7-10H2,1H3/t13-/m0/s1. The van der Waals surface area contributed by atoms with Crippen LogP contribution in [-0.4, -0.2) is 48.2 Å². The molecule has 1 aliphatic rings. The van der Waals surface area contributed by atoms with Gasteiger partial charge in [0.1, 0.15) is 0 Å². The van der Waals surface area contributed by atoms with Gasteiger partial charge >= 0.3 is 0 Å². The summed E-state index contributed by atoms with van der Waals surface area (Å²) in [4.78, 5) is 24.1. The molecule has 0 spiro atoms. The second kappa shape index (κ2) is 6.43. The molecule has 1 heterocycles. The zero-order chi connectivity index (χ0) is 16.3. The van der Waals surface area contributed by atoms with Crippen molar-refractivity contribution in [1.82, 2.24) is 4.90 Å². The molecule has 0 aliphatic carbocycles. The fourth-order valence-electron chi connectivity index (χ4n) is 2.67. The van der Waals surface area contributed by atoms with E-state index in [-0.39, 0.29) is 35.6 Å². The molecule has 1 amide bonds. The molecule has 1 aromatic carbocycles. The van der Waals surface area contributed by atoms with Gasteiger partial charge < -0.3 is 4.90 Å². The number of hydrogen-bond donors (Lipinski definition) is 0. The van der Waals surface area contributed by atoms with Gasteiger partial charge in [-0.3, -0.25) is 14.9 Å². The molecule has 1 fully saturated rings. The number of nitro groups is 1. The molecule has 8 heteroatoms. The zero-order valence-electron chi connectivity index (χ0n) is 12.3. The van der Waals surface area contributed by atoms with E-state index in [0.717, 1.165) is 0 Å². The van der Waals surface area contributed by atoms with Gasteiger partial charge in [-0.15, -0.1) is 0 Å². The van der Waals surface area contributed by atoms with Crippen LogP contribution < -0.4 is 0 Å². The average molecular weight is 326 g/mol. The summed E-state index contributed by atoms with van der Waals surface area (Å²) >= 11 is 0. The van der Waals surface area contributed by atoms with Gasteiger partial charge in [-0.2, -0.15) is 0 Å². The third-order valence-corrected chi connectivity index (χ3v) is 5.56. The van der Waals surface area contributed by atoms with Crippen LogP contribution >= 0.6 is 0 Å². The molecular formula is C14H18N2O5S. The molecule has 2 rings (SSSR count). The maximum absolute atomic E-state index is 12.4. The number of amides is 1. The fourth-order valence-corrected chi connectivity index (χ4v) is 4.40. The Morgan fingerprint density at radius 2 is 2.00 bits per heavy atom. The number of nitro benzene ring substituents is 1. The van der Waals surface area contributed by atoms with Crippen LogP contribution in [0.3, 0.4) is 0 Å². The minimum atomic E-state index is -3.04. The number of likely N-dealkylation sites (N-methyl/N-ethyl adjacent to an activating group) is 1. The SMILES string of the molecule is CCN(C(=O)Cc1ccc([N+](=O)[O-])cc1)[C@H]1CCS(=O)(=O)C1. The van der Waals surface area contributed by atoms with Crippen molar-refractivity contribution in [1.29, 1.82) is 0 Å². The van der Waals surface area contributed by atoms with Gasteiger partial charge in [-0.05, 0) is 18.9 Å². The van der Waals surface area contributed by atoms with Crippen molar-refractivity contribution in [2.75, 3.05) is 18.1 Å². The molecule has 1 saturated heterocycles. The first-order valence-electron chi connectivity index (χ1n) is 7.05. The number of nitrogens with zero attached hydrogens (tertiary/aromatic N) is 2. The maximum Gasteiger partial charge on any atom is 0.269 e. The molecule has 0 unspecified atom stereocenters. The van der Waals surface area contributed by atoms with Gasteiger partial charge in [0.25, 0.3) is 5.69 Å². The smallest absolute Gasteiger partial charge is 0.269 e. The van der Waals surface area contributed by atoms with E-state index in [2.05, 4.69) is 0 Å². The first-order chi connectivity index (χ1) is 10.3. The highest BCUT2D eigenvalue weighted by atomic mass is 32.2. The molecule has 0 N–H and O–H groups in total. The highest BCUT2D eigenvalue weighted by Crippen LogP contribution is 2.19. The summed E-state index contributed by atoms with van der Waals surface area (Å²) < 4.78 is 23.1. The Kier molecular flexibility index (Phi) is 4.80. The van der Waals surface area contributed by atoms with Crippen molar-refractivity contribution < 1.29 is 18.1 Å². The molecule has 0 saturated carbocycles. The van der Waals surface area contributed by atoms with Crippen molar-refractivity contribution in [3.05, 3.63) is 39.9 Å². The van der Waals surface area contributed by atoms with Crippen LogP contribution in [0.4, 0.5) is 5.69 Å². The molecule has 0 bridgehead atoms. The Labute approximate surface area is 129 Å². The van der Waals surface area contributed by atoms with E-state index in [1.54, 1.807) is 17.0 Å². The number of hydrogen-bond acceptors (Lipinski definition) is 5. The van der Waals surface area contributed by atoms with Crippen LogP contribution in [0.15, 0.2) is 24.3 Å². The third kappa shape index (κ3) is 3.82. The van der Waals surface area contributed by atoms with E-state index in [1.807, 2.05) is 6.92 Å². The van der Waals surface area contributed by atoms with Crippen LogP contribution in [0.25, 0.3) is 0 Å². The van der Waals surface area contributed by atoms with E-state index in [0.29, 0.717) is 18.5 Å². The number of carbonyl (C=O) groups is 1. The van der Waals surface area contributed by atoms with Gasteiger partial charge in [-0.1, -0.05) is 12.1 Å². The molecule has 1 aromatic rings. The Morgan fingerprint density at radius 1 is 1.36 bits per heavy atom. The lowest BCUT2D eigenvalue weighted by atomic mass is 10.1. The Morgan fingerprint density at radius 3 is 2.45 bits per heavy atom. The summed E-state index contributed by atoms with van der Waals surface area (Å²) in [6, 6.07) is 5.56. The molecule has 120 valence electrons. The minimum absolute atomic E-state index is 0.0207. The Bertz CT molecular complexity index is 669. The van der Waals surface area contributed by atoms with Crippen molar-refractivity contribution in [3.63, 3.8) is 0 Å². The van der Waals surface area contributed by atoms with Crippen LogP contribution in [0.1, 0.15) is 18.9 Å². The van der Waals surface area contributed by atoms with Gasteiger partial charge in [0.2, 0.25) is 5.91 Å². The lowest BCUT2D eigenvalue weighted by Crippen LogP contribution is -2.41. The van der Waals surface area contributed by atoms with Gasteiger partial charge in [0, 0.05) is 24.7 Å². The van der Waals surface area contributed by atoms with Crippen LogP contribution in [0, 0.1) is 10.1 Å². The molecule has 7 nitrogen and oxygen atoms in total. The van der Waals surface area contributed by atoms with Crippen LogP contribution in [0.5, 0.6) is 0 Å². The molecule has 22 heavy (non-hydrogen) atoms. The van der Waals surface area contributed by atoms with Crippen molar-refractivity contribution in [3.8, 4) is 0 Å². The second-order valence-electron chi connectivity index (χ2n) is 5.34. The third-order valence-electron chi connectivity index (χ3n) is 3.81. The predicted molar refractivity (Wildman–Crippen MR) is 81.2 cm³/mol. The molecule has 0 radical (unpaired) electrons. The summed E-state index contributed by atoms with van der Waals surface area (Å²) in [6.45, 7) is 2.27. The number of sulfone groups is 1. The first kappa shape index (κ1) is 16.4. The van der Waals surface area contributed by atoms with E-state index in [1.165, 1.54) is 12.1 Å². The van der Waals surface area contributed by atoms with Gasteiger partial charge in [-0.25, -0.2) is 8.42 Å². The van der Waals surface area contributed by atoms with Crippen LogP contribution in [0.2, 0.25) is 0 Å². The van der Waals surface area contributed by atoms with E-state index >= 15 is 0 Å². The van der Waals surface area contributed by atoms with Crippen molar-refractivity contribution in [2.24, 2.45) is 0 Å². The number of rotatable bonds is 5. The van der Waals surface area contributed by atoms with Gasteiger partial charge in [0.15, 0.2) is 9.84 Å². The summed E-state index contributed by atoms with van der Waals surface area (Å²) in [5, 5.41) is 10.6. The summed E-state index contributed by atoms with van der Waals surface area (Å²) in [7, 11) is -3.04. The monoisotopic (exact) mass is 326 g/mol. The average Bonchev–Trinajstić information content (AvgIpc) is 2.80. The van der Waals surface area contributed by atoms with Gasteiger partial charge in [0.05, 0.1) is 22.8 Å². The van der Waals surface area contributed by atoms with E-state index < -0.39 is 14.8 Å². The minimum Gasteiger partial charge on any atom is -0.339 e. The van der Waals surface area contributed by atoms with Crippen molar-refractivity contribution in [2.45, 2.75) is 25.8 Å².